The molecule has 1 aromatic carbocycles. The minimum Gasteiger partial charge on any atom is -0.340 e. The number of H-pyrrole nitrogens is 1. The molecule has 2 aliphatic heterocycles. The quantitative estimate of drug-likeness (QED) is 0.533. The SMILES string of the molecule is CC1(C)O[C@H]2[C@H](n3ccc(=O)[nH]c3=O)O[C@](F)(COOC(=O)c3cccc(Cl)c3)[C@H]2O1. The third kappa shape index (κ3) is 4.27. The summed E-state index contributed by atoms with van der Waals surface area (Å²) < 4.78 is 33.4. The molecular formula is C19H18ClFN2O8. The number of hydrogen-bond donors (Lipinski definition) is 1. The molecule has 10 nitrogen and oxygen atoms in total. The van der Waals surface area contributed by atoms with Crippen molar-refractivity contribution in [1.82, 2.24) is 9.55 Å². The number of benzene rings is 1. The summed E-state index contributed by atoms with van der Waals surface area (Å²) in [5.74, 6) is -4.70. The van der Waals surface area contributed by atoms with Crippen LogP contribution < -0.4 is 11.2 Å². The van der Waals surface area contributed by atoms with Crippen molar-refractivity contribution in [2.45, 2.75) is 43.9 Å². The number of nitrogens with one attached hydrogen (secondary N) is 1. The van der Waals surface area contributed by atoms with E-state index in [1.165, 1.54) is 12.1 Å². The van der Waals surface area contributed by atoms with Crippen LogP contribution in [0.3, 0.4) is 0 Å². The van der Waals surface area contributed by atoms with Gasteiger partial charge in [-0.2, -0.15) is 4.89 Å². The third-order valence-electron chi connectivity index (χ3n) is 4.73. The van der Waals surface area contributed by atoms with Crippen LogP contribution in [0.25, 0.3) is 0 Å². The van der Waals surface area contributed by atoms with Gasteiger partial charge in [-0.05, 0) is 32.0 Å². The zero-order chi connectivity index (χ0) is 22.4. The molecule has 12 heteroatoms. The van der Waals surface area contributed by atoms with Crippen molar-refractivity contribution in [2.24, 2.45) is 0 Å². The molecule has 0 bridgehead atoms. The lowest BCUT2D eigenvalue weighted by molar-refractivity contribution is -0.325. The van der Waals surface area contributed by atoms with Gasteiger partial charge in [0.2, 0.25) is 0 Å². The lowest BCUT2D eigenvalue weighted by atomic mass is 10.1. The maximum absolute atomic E-state index is 15.7. The number of rotatable bonds is 5. The van der Waals surface area contributed by atoms with E-state index in [9.17, 15) is 14.4 Å². The van der Waals surface area contributed by atoms with E-state index < -0.39 is 53.9 Å². The zero-order valence-electron chi connectivity index (χ0n) is 16.4. The summed E-state index contributed by atoms with van der Waals surface area (Å²) in [4.78, 5) is 47.1. The zero-order valence-corrected chi connectivity index (χ0v) is 17.1. The van der Waals surface area contributed by atoms with Crippen molar-refractivity contribution in [1.29, 1.82) is 0 Å². The monoisotopic (exact) mass is 456 g/mol. The summed E-state index contributed by atoms with van der Waals surface area (Å²) in [6, 6.07) is 7.00. The average molecular weight is 457 g/mol. The highest BCUT2D eigenvalue weighted by atomic mass is 35.5. The van der Waals surface area contributed by atoms with Crippen LogP contribution >= 0.6 is 11.6 Å². The third-order valence-corrected chi connectivity index (χ3v) is 4.96. The van der Waals surface area contributed by atoms with Crippen LogP contribution in [0.15, 0.2) is 46.1 Å². The molecular weight excluding hydrogens is 439 g/mol. The Morgan fingerprint density at radius 1 is 1.26 bits per heavy atom. The van der Waals surface area contributed by atoms with E-state index in [0.717, 1.165) is 16.8 Å². The molecule has 4 atom stereocenters. The fraction of sp³-hybridized carbons (Fsp3) is 0.421. The molecule has 2 fully saturated rings. The summed E-state index contributed by atoms with van der Waals surface area (Å²) in [6.07, 6.45) is -2.47. The second-order valence-electron chi connectivity index (χ2n) is 7.48. The van der Waals surface area contributed by atoms with Gasteiger partial charge in [-0.3, -0.25) is 19.2 Å². The highest BCUT2D eigenvalue weighted by Gasteiger charge is 2.65. The van der Waals surface area contributed by atoms with Crippen LogP contribution in [0.5, 0.6) is 0 Å². The number of fused-ring (bicyclic) bond motifs is 1. The Balaban J connectivity index is 1.52. The predicted molar refractivity (Wildman–Crippen MR) is 102 cm³/mol. The first-order chi connectivity index (χ1) is 14.6. The molecule has 1 aromatic heterocycles. The van der Waals surface area contributed by atoms with Crippen LogP contribution in [0.4, 0.5) is 4.39 Å². The number of ether oxygens (including phenoxy) is 3. The molecule has 166 valence electrons. The lowest BCUT2D eigenvalue weighted by Crippen LogP contribution is -2.43. The molecule has 2 aromatic rings. The van der Waals surface area contributed by atoms with Crippen LogP contribution in [0.2, 0.25) is 5.02 Å². The number of carbonyl (C=O) groups excluding carboxylic acids is 1. The van der Waals surface area contributed by atoms with E-state index in [-0.39, 0.29) is 5.56 Å². The summed E-state index contributed by atoms with van der Waals surface area (Å²) in [7, 11) is 0. The molecule has 31 heavy (non-hydrogen) atoms. The van der Waals surface area contributed by atoms with Gasteiger partial charge in [-0.1, -0.05) is 17.7 Å². The Bertz CT molecular complexity index is 1120. The minimum atomic E-state index is -2.63. The van der Waals surface area contributed by atoms with Crippen LogP contribution in [0, 0.1) is 0 Å². The molecule has 0 saturated carbocycles. The van der Waals surface area contributed by atoms with E-state index >= 15 is 4.39 Å². The summed E-state index contributed by atoms with van der Waals surface area (Å²) in [5, 5.41) is 0.311. The number of alkyl halides is 1. The average Bonchev–Trinajstić information content (AvgIpc) is 3.14. The fourth-order valence-corrected chi connectivity index (χ4v) is 3.64. The Hall–Kier alpha value is -2.57. The van der Waals surface area contributed by atoms with Gasteiger partial charge >= 0.3 is 11.7 Å². The van der Waals surface area contributed by atoms with E-state index in [0.29, 0.717) is 5.02 Å². The van der Waals surface area contributed by atoms with Gasteiger partial charge in [0.25, 0.3) is 11.4 Å². The molecule has 0 spiro atoms. The van der Waals surface area contributed by atoms with Gasteiger partial charge in [0.05, 0.1) is 5.56 Å². The standard InChI is InChI=1S/C19H18ClFN2O8/c1-18(2)28-13-14(29-18)19(21,30-15(13)23-7-6-12(24)22-17(23)26)9-27-31-16(25)10-4-3-5-11(20)8-10/h3-8,13-15H,9H2,1-2H3,(H,22,24,26)/t13-,14+,15-,19-/m1/s1. The smallest absolute Gasteiger partial charge is 0.340 e. The molecule has 4 rings (SSSR count). The van der Waals surface area contributed by atoms with Crippen molar-refractivity contribution < 1.29 is 33.2 Å². The largest absolute Gasteiger partial charge is 0.373 e. The van der Waals surface area contributed by atoms with Gasteiger partial charge < -0.3 is 14.2 Å². The molecule has 1 N–H and O–H groups in total. The van der Waals surface area contributed by atoms with Crippen molar-refractivity contribution in [2.75, 3.05) is 6.61 Å². The summed E-state index contributed by atoms with van der Waals surface area (Å²) in [6.45, 7) is 2.27. The highest BCUT2D eigenvalue weighted by Crippen LogP contribution is 2.48. The second kappa shape index (κ2) is 7.84. The number of aromatic nitrogens is 2. The summed E-state index contributed by atoms with van der Waals surface area (Å²) >= 11 is 5.82. The van der Waals surface area contributed by atoms with E-state index in [4.69, 9.17) is 30.7 Å². The maximum atomic E-state index is 15.7. The molecule has 0 unspecified atom stereocenters. The Labute approximate surface area is 179 Å². The van der Waals surface area contributed by atoms with Crippen LogP contribution in [0.1, 0.15) is 30.4 Å². The van der Waals surface area contributed by atoms with Gasteiger partial charge in [0, 0.05) is 17.3 Å². The topological polar surface area (TPSA) is 118 Å². The van der Waals surface area contributed by atoms with Crippen molar-refractivity contribution in [3.05, 3.63) is 68.0 Å². The minimum absolute atomic E-state index is 0.102. The number of aromatic amines is 1. The van der Waals surface area contributed by atoms with Crippen molar-refractivity contribution >= 4 is 17.6 Å². The maximum Gasteiger partial charge on any atom is 0.373 e. The molecule has 0 amide bonds. The van der Waals surface area contributed by atoms with Crippen LogP contribution in [-0.4, -0.2) is 46.0 Å². The predicted octanol–water partition coefficient (Wildman–Crippen LogP) is 1.69. The van der Waals surface area contributed by atoms with E-state index in [1.54, 1.807) is 26.0 Å². The Morgan fingerprint density at radius 3 is 2.74 bits per heavy atom. The number of nitrogens with zero attached hydrogens (tertiary/aromatic N) is 1. The summed E-state index contributed by atoms with van der Waals surface area (Å²) in [5.41, 5.74) is -1.34. The number of halogens is 2. The van der Waals surface area contributed by atoms with Gasteiger partial charge in [0.1, 0.15) is 6.10 Å². The highest BCUT2D eigenvalue weighted by molar-refractivity contribution is 6.30. The number of hydrogen-bond acceptors (Lipinski definition) is 8. The molecule has 2 saturated heterocycles. The number of carbonyl (C=O) groups is 1. The van der Waals surface area contributed by atoms with Gasteiger partial charge in [0.15, 0.2) is 24.7 Å². The molecule has 0 aliphatic carbocycles. The molecule has 3 heterocycles. The molecule has 0 radical (unpaired) electrons. The second-order valence-corrected chi connectivity index (χ2v) is 7.91. The normalized spacial score (nSPS) is 29.0. The fourth-order valence-electron chi connectivity index (χ4n) is 3.45. The van der Waals surface area contributed by atoms with E-state index in [1.807, 2.05) is 0 Å². The molecule has 2 aliphatic rings. The lowest BCUT2D eigenvalue weighted by Gasteiger charge is -2.27. The Morgan fingerprint density at radius 2 is 2.03 bits per heavy atom. The van der Waals surface area contributed by atoms with Gasteiger partial charge in [-0.25, -0.2) is 14.0 Å². The van der Waals surface area contributed by atoms with Crippen molar-refractivity contribution in [3.8, 4) is 0 Å². The van der Waals surface area contributed by atoms with E-state index in [2.05, 4.69) is 9.87 Å². The first-order valence-corrected chi connectivity index (χ1v) is 9.59. The van der Waals surface area contributed by atoms with Crippen LogP contribution in [-0.2, 0) is 24.0 Å². The van der Waals surface area contributed by atoms with Gasteiger partial charge in [-0.15, -0.1) is 0 Å². The van der Waals surface area contributed by atoms with Crippen molar-refractivity contribution in [3.63, 3.8) is 0 Å². The Kier molecular flexibility index (Phi) is 5.48. The first kappa shape index (κ1) is 21.7. The first-order valence-electron chi connectivity index (χ1n) is 9.21.